The predicted molar refractivity (Wildman–Crippen MR) is 114 cm³/mol. The summed E-state index contributed by atoms with van der Waals surface area (Å²) in [4.78, 5) is 8.87. The molecule has 1 saturated heterocycles. The lowest BCUT2D eigenvalue weighted by molar-refractivity contribution is -0.138. The Bertz CT molecular complexity index is 1100. The summed E-state index contributed by atoms with van der Waals surface area (Å²) in [5, 5.41) is 13.7. The quantitative estimate of drug-likeness (QED) is 0.509. The Morgan fingerprint density at radius 1 is 1.28 bits per heavy atom. The normalized spacial score (nSPS) is 17.2. The number of fused-ring (bicyclic) bond motifs is 1. The van der Waals surface area contributed by atoms with Gasteiger partial charge in [-0.25, -0.2) is 0 Å². The fourth-order valence-electron chi connectivity index (χ4n) is 3.43. The number of ether oxygens (including phenoxy) is 1. The second kappa shape index (κ2) is 9.08. The summed E-state index contributed by atoms with van der Waals surface area (Å²) in [5.41, 5.74) is 0.631. The average molecular weight is 470 g/mol. The number of anilines is 1. The summed E-state index contributed by atoms with van der Waals surface area (Å²) < 4.78 is 47.7. The minimum atomic E-state index is -4.53. The first-order chi connectivity index (χ1) is 15.2. The zero-order chi connectivity index (χ0) is 22.9. The third-order valence-electron chi connectivity index (χ3n) is 5.06. The van der Waals surface area contributed by atoms with Crippen LogP contribution in [0.5, 0.6) is 6.01 Å². The molecular formula is C20H23ClF3N7O. The smallest absolute Gasteiger partial charge is 0.416 e. The SMILES string of the molecule is CC(C)c1cnn2c(NCc3ccc(Cl)cc3C(F)(F)F)nc(O[C@@H]3CNCCN3)nc12. The van der Waals surface area contributed by atoms with Gasteiger partial charge in [0.25, 0.3) is 0 Å². The highest BCUT2D eigenvalue weighted by Crippen LogP contribution is 2.34. The molecule has 172 valence electrons. The van der Waals surface area contributed by atoms with Crippen LogP contribution in [0.15, 0.2) is 24.4 Å². The van der Waals surface area contributed by atoms with E-state index in [4.69, 9.17) is 16.3 Å². The molecule has 0 unspecified atom stereocenters. The highest BCUT2D eigenvalue weighted by atomic mass is 35.5. The Morgan fingerprint density at radius 2 is 2.09 bits per heavy atom. The first kappa shape index (κ1) is 22.6. The Morgan fingerprint density at radius 3 is 2.78 bits per heavy atom. The summed E-state index contributed by atoms with van der Waals surface area (Å²) in [6.07, 6.45) is -3.18. The largest absolute Gasteiger partial charge is 0.443 e. The maximum Gasteiger partial charge on any atom is 0.416 e. The van der Waals surface area contributed by atoms with E-state index in [9.17, 15) is 13.2 Å². The van der Waals surface area contributed by atoms with Crippen LogP contribution >= 0.6 is 11.6 Å². The lowest BCUT2D eigenvalue weighted by Crippen LogP contribution is -2.51. The number of nitrogens with zero attached hydrogens (tertiary/aromatic N) is 4. The molecule has 1 fully saturated rings. The van der Waals surface area contributed by atoms with E-state index in [-0.39, 0.29) is 41.2 Å². The predicted octanol–water partition coefficient (Wildman–Crippen LogP) is 3.43. The number of aromatic nitrogens is 4. The van der Waals surface area contributed by atoms with E-state index >= 15 is 0 Å². The molecule has 1 aliphatic heterocycles. The van der Waals surface area contributed by atoms with Crippen molar-refractivity contribution in [1.82, 2.24) is 30.2 Å². The Hall–Kier alpha value is -2.63. The number of alkyl halides is 3. The standard InChI is InChI=1S/C20H23ClF3N7O/c1-11(2)14-9-28-31-17(14)29-19(32-16-10-25-5-6-26-16)30-18(31)27-8-12-3-4-13(21)7-15(12)20(22,23)24/h3-4,7,9,11,16,25-26H,5-6,8,10H2,1-2H3,(H,27,29,30)/t16-/m1/s1. The summed E-state index contributed by atoms with van der Waals surface area (Å²) in [5.74, 6) is 0.356. The Kier molecular flexibility index (Phi) is 6.40. The highest BCUT2D eigenvalue weighted by Gasteiger charge is 2.33. The van der Waals surface area contributed by atoms with Gasteiger partial charge >= 0.3 is 12.2 Å². The fraction of sp³-hybridized carbons (Fsp3) is 0.450. The molecule has 32 heavy (non-hydrogen) atoms. The molecule has 0 spiro atoms. The van der Waals surface area contributed by atoms with Crippen molar-refractivity contribution in [1.29, 1.82) is 0 Å². The van der Waals surface area contributed by atoms with Gasteiger partial charge in [0.1, 0.15) is 0 Å². The molecule has 12 heteroatoms. The van der Waals surface area contributed by atoms with E-state index in [0.717, 1.165) is 24.7 Å². The van der Waals surface area contributed by atoms with E-state index in [1.54, 1.807) is 6.20 Å². The van der Waals surface area contributed by atoms with Crippen molar-refractivity contribution in [2.45, 2.75) is 38.7 Å². The van der Waals surface area contributed by atoms with Gasteiger partial charge in [0.15, 0.2) is 11.9 Å². The van der Waals surface area contributed by atoms with E-state index in [2.05, 4.69) is 31.0 Å². The van der Waals surface area contributed by atoms with Crippen LogP contribution in [0.1, 0.15) is 36.5 Å². The van der Waals surface area contributed by atoms with Gasteiger partial charge in [0, 0.05) is 36.8 Å². The number of piperazine rings is 1. The van der Waals surface area contributed by atoms with Crippen molar-refractivity contribution >= 4 is 23.2 Å². The molecule has 0 saturated carbocycles. The number of halogens is 4. The Labute approximate surface area is 187 Å². The maximum absolute atomic E-state index is 13.5. The molecule has 3 N–H and O–H groups in total. The average Bonchev–Trinajstić information content (AvgIpc) is 3.17. The number of hydrogen-bond donors (Lipinski definition) is 3. The summed E-state index contributed by atoms with van der Waals surface area (Å²) >= 11 is 5.78. The van der Waals surface area contributed by atoms with Gasteiger partial charge in [-0.05, 0) is 23.6 Å². The third kappa shape index (κ3) is 4.89. The van der Waals surface area contributed by atoms with Gasteiger partial charge in [0.2, 0.25) is 5.95 Å². The molecular weight excluding hydrogens is 447 g/mol. The summed E-state index contributed by atoms with van der Waals surface area (Å²) in [7, 11) is 0. The van der Waals surface area contributed by atoms with E-state index < -0.39 is 11.7 Å². The Balaban J connectivity index is 1.67. The third-order valence-corrected chi connectivity index (χ3v) is 5.30. The molecule has 2 aromatic heterocycles. The van der Waals surface area contributed by atoms with Crippen molar-refractivity contribution in [3.8, 4) is 6.01 Å². The van der Waals surface area contributed by atoms with Gasteiger partial charge in [-0.15, -0.1) is 0 Å². The van der Waals surface area contributed by atoms with Crippen molar-refractivity contribution in [3.63, 3.8) is 0 Å². The van der Waals surface area contributed by atoms with E-state index in [0.29, 0.717) is 12.2 Å². The van der Waals surface area contributed by atoms with Gasteiger partial charge < -0.3 is 15.4 Å². The molecule has 8 nitrogen and oxygen atoms in total. The minimum absolute atomic E-state index is 0.0171. The molecule has 3 heterocycles. The number of nitrogens with one attached hydrogen (secondary N) is 3. The van der Waals surface area contributed by atoms with Crippen molar-refractivity contribution in [3.05, 3.63) is 46.1 Å². The summed E-state index contributed by atoms with van der Waals surface area (Å²) in [6, 6.07) is 3.78. The van der Waals surface area contributed by atoms with Gasteiger partial charge in [-0.3, -0.25) is 5.32 Å². The molecule has 0 bridgehead atoms. The first-order valence-electron chi connectivity index (χ1n) is 10.2. The number of benzene rings is 1. The van der Waals surface area contributed by atoms with Gasteiger partial charge in [0.05, 0.1) is 11.8 Å². The molecule has 1 atom stereocenters. The second-order valence-corrected chi connectivity index (χ2v) is 8.17. The van der Waals surface area contributed by atoms with Crippen molar-refractivity contribution in [2.75, 3.05) is 25.0 Å². The summed E-state index contributed by atoms with van der Waals surface area (Å²) in [6.45, 7) is 6.00. The van der Waals surface area contributed by atoms with Crippen LogP contribution in [0.4, 0.5) is 19.1 Å². The van der Waals surface area contributed by atoms with Crippen molar-refractivity contribution < 1.29 is 17.9 Å². The monoisotopic (exact) mass is 469 g/mol. The van der Waals surface area contributed by atoms with E-state index in [1.807, 2.05) is 13.8 Å². The van der Waals surface area contributed by atoms with Crippen LogP contribution in [0, 0.1) is 0 Å². The number of rotatable bonds is 6. The minimum Gasteiger partial charge on any atom is -0.443 e. The first-order valence-corrected chi connectivity index (χ1v) is 10.6. The lowest BCUT2D eigenvalue weighted by atomic mass is 10.1. The van der Waals surface area contributed by atoms with Crippen LogP contribution in [0.25, 0.3) is 5.65 Å². The molecule has 0 amide bonds. The van der Waals surface area contributed by atoms with Crippen LogP contribution in [-0.4, -0.2) is 45.4 Å². The van der Waals surface area contributed by atoms with Crippen LogP contribution in [0.3, 0.4) is 0 Å². The zero-order valence-corrected chi connectivity index (χ0v) is 18.3. The molecule has 4 rings (SSSR count). The van der Waals surface area contributed by atoms with Crippen molar-refractivity contribution in [2.24, 2.45) is 0 Å². The fourth-order valence-corrected chi connectivity index (χ4v) is 3.60. The lowest BCUT2D eigenvalue weighted by Gasteiger charge is -2.24. The zero-order valence-electron chi connectivity index (χ0n) is 17.5. The van der Waals surface area contributed by atoms with Crippen LogP contribution < -0.4 is 20.7 Å². The van der Waals surface area contributed by atoms with Crippen LogP contribution in [-0.2, 0) is 12.7 Å². The molecule has 0 aliphatic carbocycles. The molecule has 1 aromatic carbocycles. The highest BCUT2D eigenvalue weighted by molar-refractivity contribution is 6.30. The van der Waals surface area contributed by atoms with Gasteiger partial charge in [-0.1, -0.05) is 31.5 Å². The van der Waals surface area contributed by atoms with Crippen LogP contribution in [0.2, 0.25) is 5.02 Å². The van der Waals surface area contributed by atoms with E-state index in [1.165, 1.54) is 16.6 Å². The second-order valence-electron chi connectivity index (χ2n) is 7.74. The van der Waals surface area contributed by atoms with Gasteiger partial charge in [-0.2, -0.15) is 32.8 Å². The topological polar surface area (TPSA) is 88.4 Å². The molecule has 3 aromatic rings. The number of hydrogen-bond acceptors (Lipinski definition) is 7. The molecule has 0 radical (unpaired) electrons. The maximum atomic E-state index is 13.5. The molecule has 1 aliphatic rings.